The van der Waals surface area contributed by atoms with E-state index in [1.54, 1.807) is 49.5 Å². The maximum Gasteiger partial charge on any atom is 0.247 e. The Morgan fingerprint density at radius 2 is 2.05 bits per heavy atom. The molecule has 1 aromatic carbocycles. The lowest BCUT2D eigenvalue weighted by molar-refractivity contribution is -0.130. The van der Waals surface area contributed by atoms with Gasteiger partial charge in [0, 0.05) is 49.9 Å². The van der Waals surface area contributed by atoms with Gasteiger partial charge in [-0.15, -0.1) is 0 Å². The van der Waals surface area contributed by atoms with Gasteiger partial charge in [0.2, 0.25) is 15.9 Å². The van der Waals surface area contributed by atoms with Crippen molar-refractivity contribution in [2.45, 2.75) is 57.6 Å². The molecule has 1 amide bonds. The minimum Gasteiger partial charge on any atom is -0.487 e. The molecule has 0 saturated carbocycles. The Morgan fingerprint density at radius 1 is 1.30 bits per heavy atom. The molecule has 2 heterocycles. The molecule has 1 aromatic heterocycles. The molecule has 0 spiro atoms. The molecule has 1 aliphatic heterocycles. The van der Waals surface area contributed by atoms with Gasteiger partial charge in [-0.3, -0.25) is 9.78 Å². The molecule has 0 radical (unpaired) electrons. The standard InChI is InChI=1S/C28H37N3O5S/c1-20(2)8-6-9-23-11-12-27-25(14-23)36-26(21(3)17-31(22(4)19-32)37(27,34)35)18-30(5)28(33)15-24-10-7-13-29-16-24/h7,10-14,16,20-22,26,32H,8,15,17-19H2,1-5H3/t21-,22+,26-/m0/s1. The van der Waals surface area contributed by atoms with Crippen LogP contribution in [0.25, 0.3) is 0 Å². The fourth-order valence-electron chi connectivity index (χ4n) is 4.06. The molecule has 0 unspecified atom stereocenters. The fourth-order valence-corrected chi connectivity index (χ4v) is 5.89. The van der Waals surface area contributed by atoms with Gasteiger partial charge in [0.1, 0.15) is 16.7 Å². The predicted molar refractivity (Wildman–Crippen MR) is 142 cm³/mol. The van der Waals surface area contributed by atoms with Gasteiger partial charge in [0.25, 0.3) is 0 Å². The number of rotatable bonds is 7. The Hall–Kier alpha value is -2.93. The number of likely N-dealkylation sites (N-methyl/N-ethyl adjacent to an activating group) is 1. The number of aliphatic hydroxyl groups is 1. The van der Waals surface area contributed by atoms with Crippen molar-refractivity contribution in [2.75, 3.05) is 26.7 Å². The van der Waals surface area contributed by atoms with Gasteiger partial charge < -0.3 is 14.7 Å². The summed E-state index contributed by atoms with van der Waals surface area (Å²) in [7, 11) is -2.22. The Morgan fingerprint density at radius 3 is 2.70 bits per heavy atom. The smallest absolute Gasteiger partial charge is 0.247 e. The van der Waals surface area contributed by atoms with E-state index in [4.69, 9.17) is 4.74 Å². The monoisotopic (exact) mass is 527 g/mol. The lowest BCUT2D eigenvalue weighted by Gasteiger charge is -2.37. The van der Waals surface area contributed by atoms with E-state index >= 15 is 0 Å². The van der Waals surface area contributed by atoms with Gasteiger partial charge in [-0.1, -0.05) is 38.7 Å². The van der Waals surface area contributed by atoms with Crippen LogP contribution in [0.15, 0.2) is 47.6 Å². The molecule has 3 atom stereocenters. The summed E-state index contributed by atoms with van der Waals surface area (Å²) in [6.07, 6.45) is 3.77. The first-order chi connectivity index (χ1) is 17.5. The number of nitrogens with zero attached hydrogens (tertiary/aromatic N) is 3. The number of aliphatic hydroxyl groups excluding tert-OH is 1. The van der Waals surface area contributed by atoms with Crippen LogP contribution < -0.4 is 4.74 Å². The van der Waals surface area contributed by atoms with Crippen molar-refractivity contribution in [3.05, 3.63) is 53.9 Å². The predicted octanol–water partition coefficient (Wildman–Crippen LogP) is 2.95. The number of hydrogen-bond donors (Lipinski definition) is 1. The summed E-state index contributed by atoms with van der Waals surface area (Å²) in [5.74, 6) is 6.50. The molecule has 0 saturated heterocycles. The maximum atomic E-state index is 13.6. The van der Waals surface area contributed by atoms with E-state index in [9.17, 15) is 18.3 Å². The number of carbonyl (C=O) groups excluding carboxylic acids is 1. The summed E-state index contributed by atoms with van der Waals surface area (Å²) in [5, 5.41) is 9.81. The Labute approximate surface area is 220 Å². The number of benzene rings is 1. The van der Waals surface area contributed by atoms with Gasteiger partial charge in [0.05, 0.1) is 19.6 Å². The number of carbonyl (C=O) groups is 1. The maximum absolute atomic E-state index is 13.6. The largest absolute Gasteiger partial charge is 0.487 e. The van der Waals surface area contributed by atoms with E-state index in [0.29, 0.717) is 11.5 Å². The average Bonchev–Trinajstić information content (AvgIpc) is 2.86. The molecule has 1 N–H and O–H groups in total. The first kappa shape index (κ1) is 28.6. The third-order valence-electron chi connectivity index (χ3n) is 6.37. The second-order valence-corrected chi connectivity index (χ2v) is 12.0. The zero-order valence-electron chi connectivity index (χ0n) is 22.2. The van der Waals surface area contributed by atoms with Crippen LogP contribution in [0.5, 0.6) is 5.75 Å². The highest BCUT2D eigenvalue weighted by molar-refractivity contribution is 7.89. The van der Waals surface area contributed by atoms with Crippen LogP contribution in [-0.2, 0) is 21.2 Å². The summed E-state index contributed by atoms with van der Waals surface area (Å²) >= 11 is 0. The highest BCUT2D eigenvalue weighted by Gasteiger charge is 2.38. The third-order valence-corrected chi connectivity index (χ3v) is 8.39. The van der Waals surface area contributed by atoms with E-state index in [1.807, 2.05) is 13.0 Å². The second-order valence-electron chi connectivity index (χ2n) is 10.1. The first-order valence-electron chi connectivity index (χ1n) is 12.6. The van der Waals surface area contributed by atoms with Crippen LogP contribution in [-0.4, -0.2) is 72.5 Å². The fraction of sp³-hybridized carbons (Fsp3) is 0.500. The molecule has 200 valence electrons. The van der Waals surface area contributed by atoms with E-state index in [1.165, 1.54) is 10.4 Å². The number of sulfonamides is 1. The Kier molecular flexibility index (Phi) is 9.71. The number of fused-ring (bicyclic) bond motifs is 1. The summed E-state index contributed by atoms with van der Waals surface area (Å²) in [5.41, 5.74) is 1.47. The first-order valence-corrected chi connectivity index (χ1v) is 14.0. The molecule has 9 heteroatoms. The Balaban J connectivity index is 1.95. The molecular formula is C28H37N3O5S. The van der Waals surface area contributed by atoms with Gasteiger partial charge in [-0.25, -0.2) is 8.42 Å². The zero-order valence-corrected chi connectivity index (χ0v) is 23.0. The van der Waals surface area contributed by atoms with E-state index in [2.05, 4.69) is 30.7 Å². The molecule has 0 bridgehead atoms. The summed E-state index contributed by atoms with van der Waals surface area (Å²) < 4.78 is 34.9. The highest BCUT2D eigenvalue weighted by atomic mass is 32.2. The molecular weight excluding hydrogens is 490 g/mol. The zero-order chi connectivity index (χ0) is 27.2. The van der Waals surface area contributed by atoms with Gasteiger partial charge in [-0.05, 0) is 42.7 Å². The molecule has 3 rings (SSSR count). The van der Waals surface area contributed by atoms with Crippen LogP contribution in [0.4, 0.5) is 0 Å². The van der Waals surface area contributed by atoms with Crippen LogP contribution in [0, 0.1) is 23.7 Å². The van der Waals surface area contributed by atoms with Crippen molar-refractivity contribution in [2.24, 2.45) is 11.8 Å². The van der Waals surface area contributed by atoms with Crippen LogP contribution >= 0.6 is 0 Å². The van der Waals surface area contributed by atoms with Crippen LogP contribution in [0.1, 0.15) is 45.2 Å². The van der Waals surface area contributed by atoms with E-state index < -0.39 is 22.2 Å². The average molecular weight is 528 g/mol. The second kappa shape index (κ2) is 12.5. The van der Waals surface area contributed by atoms with E-state index in [-0.39, 0.29) is 48.6 Å². The highest BCUT2D eigenvalue weighted by Crippen LogP contribution is 2.34. The minimum atomic E-state index is -3.93. The van der Waals surface area contributed by atoms with Crippen molar-refractivity contribution in [3.63, 3.8) is 0 Å². The number of pyridine rings is 1. The van der Waals surface area contributed by atoms with Crippen LogP contribution in [0.2, 0.25) is 0 Å². The van der Waals surface area contributed by atoms with Gasteiger partial charge in [-0.2, -0.15) is 4.31 Å². The molecule has 1 aliphatic rings. The van der Waals surface area contributed by atoms with Crippen molar-refractivity contribution < 1.29 is 23.1 Å². The lowest BCUT2D eigenvalue weighted by Crippen LogP contribution is -2.50. The molecule has 37 heavy (non-hydrogen) atoms. The van der Waals surface area contributed by atoms with Gasteiger partial charge >= 0.3 is 0 Å². The van der Waals surface area contributed by atoms with Crippen molar-refractivity contribution in [1.82, 2.24) is 14.2 Å². The summed E-state index contributed by atoms with van der Waals surface area (Å²) in [6, 6.07) is 7.88. The SMILES string of the molecule is CC(C)CC#Cc1ccc2c(c1)O[C@@H](CN(C)C(=O)Cc1cccnc1)[C@@H](C)CN([C@H](C)CO)S2(=O)=O. The summed E-state index contributed by atoms with van der Waals surface area (Å²) in [4.78, 5) is 18.6. The number of hydrogen-bond acceptors (Lipinski definition) is 6. The third kappa shape index (κ3) is 7.31. The number of aromatic nitrogens is 1. The van der Waals surface area contributed by atoms with E-state index in [0.717, 1.165) is 12.0 Å². The lowest BCUT2D eigenvalue weighted by atomic mass is 10.0. The number of amides is 1. The van der Waals surface area contributed by atoms with Crippen LogP contribution in [0.3, 0.4) is 0 Å². The molecule has 0 fully saturated rings. The Bertz CT molecular complexity index is 1240. The molecule has 2 aromatic rings. The normalized spacial score (nSPS) is 20.0. The van der Waals surface area contributed by atoms with Crippen molar-refractivity contribution in [3.8, 4) is 17.6 Å². The molecule has 8 nitrogen and oxygen atoms in total. The number of ether oxygens (including phenoxy) is 1. The van der Waals surface area contributed by atoms with Crippen molar-refractivity contribution in [1.29, 1.82) is 0 Å². The van der Waals surface area contributed by atoms with Crippen molar-refractivity contribution >= 4 is 15.9 Å². The minimum absolute atomic E-state index is 0.0310. The quantitative estimate of drug-likeness (QED) is 0.556. The topological polar surface area (TPSA) is 100 Å². The van der Waals surface area contributed by atoms with Gasteiger partial charge in [0.15, 0.2) is 0 Å². The summed E-state index contributed by atoms with van der Waals surface area (Å²) in [6.45, 7) is 7.85. The molecule has 0 aliphatic carbocycles.